The molecule has 0 aliphatic heterocycles. The van der Waals surface area contributed by atoms with E-state index in [4.69, 9.17) is 0 Å². The first-order valence-corrected chi connectivity index (χ1v) is 4.33. The molecule has 0 amide bonds. The summed E-state index contributed by atoms with van der Waals surface area (Å²) in [7, 11) is 3.74. The number of rotatable bonds is 3. The van der Waals surface area contributed by atoms with Gasteiger partial charge in [0, 0.05) is 30.9 Å². The lowest BCUT2D eigenvalue weighted by atomic mass is 10.1. The van der Waals surface area contributed by atoms with Gasteiger partial charge in [-0.3, -0.25) is 9.59 Å². The fraction of sp³-hybridized carbons (Fsp3) is 0.273. The van der Waals surface area contributed by atoms with Crippen molar-refractivity contribution < 1.29 is 9.59 Å². The van der Waals surface area contributed by atoms with E-state index in [1.165, 1.54) is 6.92 Å². The van der Waals surface area contributed by atoms with Gasteiger partial charge in [-0.15, -0.1) is 0 Å². The number of anilines is 1. The maximum absolute atomic E-state index is 11.2. The molecule has 14 heavy (non-hydrogen) atoms. The average Bonchev–Trinajstić information content (AvgIpc) is 2.16. The number of carbonyl (C=O) groups excluding carboxylic acids is 2. The van der Waals surface area contributed by atoms with E-state index in [-0.39, 0.29) is 5.78 Å². The first kappa shape index (κ1) is 10.4. The predicted octanol–water partition coefficient (Wildman–Crippen LogP) is 1.77. The molecular formula is C11H13NO2. The molecule has 0 aliphatic rings. The fourth-order valence-corrected chi connectivity index (χ4v) is 1.16. The van der Waals surface area contributed by atoms with Crippen molar-refractivity contribution in [2.45, 2.75) is 6.92 Å². The molecule has 0 heterocycles. The summed E-state index contributed by atoms with van der Waals surface area (Å²) in [5.74, 6) is -0.0307. The summed E-state index contributed by atoms with van der Waals surface area (Å²) in [6.45, 7) is 1.49. The van der Waals surface area contributed by atoms with Crippen LogP contribution in [-0.4, -0.2) is 26.2 Å². The molecule has 3 heteroatoms. The zero-order valence-electron chi connectivity index (χ0n) is 8.57. The number of benzene rings is 1. The predicted molar refractivity (Wildman–Crippen MR) is 56.2 cm³/mol. The fourth-order valence-electron chi connectivity index (χ4n) is 1.16. The lowest BCUT2D eigenvalue weighted by molar-refractivity contribution is 0.101. The molecule has 0 fully saturated rings. The minimum atomic E-state index is -0.0307. The molecule has 0 saturated heterocycles. The second kappa shape index (κ2) is 4.05. The van der Waals surface area contributed by atoms with Crippen LogP contribution >= 0.6 is 0 Å². The Morgan fingerprint density at radius 2 is 1.93 bits per heavy atom. The number of hydrogen-bond donors (Lipinski definition) is 0. The van der Waals surface area contributed by atoms with E-state index in [1.807, 2.05) is 19.0 Å². The lowest BCUT2D eigenvalue weighted by Crippen LogP contribution is -2.10. The van der Waals surface area contributed by atoms with Gasteiger partial charge in [0.15, 0.2) is 5.78 Å². The second-order valence-electron chi connectivity index (χ2n) is 3.38. The maximum atomic E-state index is 11.2. The molecule has 0 spiro atoms. The Bertz CT molecular complexity index is 370. The van der Waals surface area contributed by atoms with Crippen molar-refractivity contribution in [2.24, 2.45) is 0 Å². The Hall–Kier alpha value is -1.64. The second-order valence-corrected chi connectivity index (χ2v) is 3.38. The van der Waals surface area contributed by atoms with Gasteiger partial charge in [0.2, 0.25) is 0 Å². The molecule has 0 bridgehead atoms. The highest BCUT2D eigenvalue weighted by molar-refractivity contribution is 5.97. The molecule has 0 N–H and O–H groups in total. The van der Waals surface area contributed by atoms with E-state index >= 15 is 0 Å². The van der Waals surface area contributed by atoms with Crippen LogP contribution < -0.4 is 4.90 Å². The molecule has 0 aliphatic carbocycles. The Labute approximate surface area is 83.3 Å². The molecular weight excluding hydrogens is 178 g/mol. The first-order chi connectivity index (χ1) is 6.54. The molecule has 3 nitrogen and oxygen atoms in total. The van der Waals surface area contributed by atoms with E-state index in [9.17, 15) is 9.59 Å². The van der Waals surface area contributed by atoms with Gasteiger partial charge in [-0.05, 0) is 25.1 Å². The number of Topliss-reactive ketones (excluding diaryl/α,β-unsaturated/α-hetero) is 1. The SMILES string of the molecule is CC(=O)c1cc(C=O)cc(N(C)C)c1. The molecule has 0 unspecified atom stereocenters. The number of carbonyl (C=O) groups is 2. The van der Waals surface area contributed by atoms with Crippen LogP contribution in [0, 0.1) is 0 Å². The number of aldehydes is 1. The Kier molecular flexibility index (Phi) is 3.02. The zero-order chi connectivity index (χ0) is 10.7. The van der Waals surface area contributed by atoms with Gasteiger partial charge in [0.1, 0.15) is 6.29 Å². The third kappa shape index (κ3) is 2.19. The van der Waals surface area contributed by atoms with Crippen LogP contribution in [0.25, 0.3) is 0 Å². The van der Waals surface area contributed by atoms with Crippen LogP contribution in [0.1, 0.15) is 27.6 Å². The first-order valence-electron chi connectivity index (χ1n) is 4.33. The molecule has 1 aromatic rings. The lowest BCUT2D eigenvalue weighted by Gasteiger charge is -2.13. The monoisotopic (exact) mass is 191 g/mol. The average molecular weight is 191 g/mol. The Morgan fingerprint density at radius 3 is 2.36 bits per heavy atom. The highest BCUT2D eigenvalue weighted by Crippen LogP contribution is 2.16. The Balaban J connectivity index is 3.27. The van der Waals surface area contributed by atoms with E-state index in [0.717, 1.165) is 12.0 Å². The standard InChI is InChI=1S/C11H13NO2/c1-8(14)10-4-9(7-13)5-11(6-10)12(2)3/h4-7H,1-3H3. The normalized spacial score (nSPS) is 9.64. The van der Waals surface area contributed by atoms with Gasteiger partial charge in [-0.25, -0.2) is 0 Å². The van der Waals surface area contributed by atoms with Gasteiger partial charge < -0.3 is 4.90 Å². The van der Waals surface area contributed by atoms with E-state index in [0.29, 0.717) is 11.1 Å². The van der Waals surface area contributed by atoms with Crippen molar-refractivity contribution in [1.82, 2.24) is 0 Å². The maximum Gasteiger partial charge on any atom is 0.159 e. The third-order valence-electron chi connectivity index (χ3n) is 2.00. The quantitative estimate of drug-likeness (QED) is 0.539. The van der Waals surface area contributed by atoms with Crippen molar-refractivity contribution in [3.8, 4) is 0 Å². The van der Waals surface area contributed by atoms with Gasteiger partial charge in [0.25, 0.3) is 0 Å². The van der Waals surface area contributed by atoms with Gasteiger partial charge in [-0.2, -0.15) is 0 Å². The Morgan fingerprint density at radius 1 is 1.29 bits per heavy atom. The molecule has 1 rings (SSSR count). The summed E-state index contributed by atoms with van der Waals surface area (Å²) in [5.41, 5.74) is 1.96. The summed E-state index contributed by atoms with van der Waals surface area (Å²) >= 11 is 0. The highest BCUT2D eigenvalue weighted by atomic mass is 16.1. The van der Waals surface area contributed by atoms with Crippen molar-refractivity contribution in [3.05, 3.63) is 29.3 Å². The van der Waals surface area contributed by atoms with Gasteiger partial charge in [0.05, 0.1) is 0 Å². The minimum absolute atomic E-state index is 0.0307. The summed E-state index contributed by atoms with van der Waals surface area (Å²) in [6.07, 6.45) is 0.749. The molecule has 0 saturated carbocycles. The van der Waals surface area contributed by atoms with Crippen LogP contribution in [-0.2, 0) is 0 Å². The highest BCUT2D eigenvalue weighted by Gasteiger charge is 2.05. The number of nitrogens with zero attached hydrogens (tertiary/aromatic N) is 1. The van der Waals surface area contributed by atoms with Crippen LogP contribution in [0.5, 0.6) is 0 Å². The zero-order valence-corrected chi connectivity index (χ0v) is 8.57. The van der Waals surface area contributed by atoms with Crippen molar-refractivity contribution in [2.75, 3.05) is 19.0 Å². The minimum Gasteiger partial charge on any atom is -0.378 e. The van der Waals surface area contributed by atoms with E-state index in [1.54, 1.807) is 18.2 Å². The van der Waals surface area contributed by atoms with Crippen LogP contribution in [0.15, 0.2) is 18.2 Å². The van der Waals surface area contributed by atoms with E-state index in [2.05, 4.69) is 0 Å². The van der Waals surface area contributed by atoms with Crippen LogP contribution in [0.3, 0.4) is 0 Å². The van der Waals surface area contributed by atoms with Crippen molar-refractivity contribution in [3.63, 3.8) is 0 Å². The number of hydrogen-bond acceptors (Lipinski definition) is 3. The summed E-state index contributed by atoms with van der Waals surface area (Å²) in [4.78, 5) is 23.6. The largest absolute Gasteiger partial charge is 0.378 e. The molecule has 0 radical (unpaired) electrons. The molecule has 1 aromatic carbocycles. The molecule has 0 aromatic heterocycles. The summed E-state index contributed by atoms with van der Waals surface area (Å²) in [5, 5.41) is 0. The van der Waals surface area contributed by atoms with E-state index < -0.39 is 0 Å². The number of ketones is 1. The molecule has 0 atom stereocenters. The third-order valence-corrected chi connectivity index (χ3v) is 2.00. The molecule has 74 valence electrons. The summed E-state index contributed by atoms with van der Waals surface area (Å²) in [6, 6.07) is 5.12. The van der Waals surface area contributed by atoms with Crippen LogP contribution in [0.4, 0.5) is 5.69 Å². The van der Waals surface area contributed by atoms with Gasteiger partial charge >= 0.3 is 0 Å². The van der Waals surface area contributed by atoms with Crippen LogP contribution in [0.2, 0.25) is 0 Å². The van der Waals surface area contributed by atoms with Gasteiger partial charge in [-0.1, -0.05) is 0 Å². The van der Waals surface area contributed by atoms with Crippen molar-refractivity contribution >= 4 is 17.8 Å². The topological polar surface area (TPSA) is 37.4 Å². The smallest absolute Gasteiger partial charge is 0.159 e. The summed E-state index contributed by atoms with van der Waals surface area (Å²) < 4.78 is 0. The van der Waals surface area contributed by atoms with Crippen molar-refractivity contribution in [1.29, 1.82) is 0 Å².